The van der Waals surface area contributed by atoms with E-state index in [1.165, 1.54) is 6.07 Å². The fourth-order valence-electron chi connectivity index (χ4n) is 2.93. The number of carbonyl (C=O) groups excluding carboxylic acids is 1. The lowest BCUT2D eigenvalue weighted by atomic mass is 10.1. The van der Waals surface area contributed by atoms with Crippen molar-refractivity contribution in [2.45, 2.75) is 25.4 Å². The molecule has 0 spiro atoms. The zero-order valence-electron chi connectivity index (χ0n) is 12.6. The van der Waals surface area contributed by atoms with Crippen LogP contribution in [0.4, 0.5) is 4.39 Å². The van der Waals surface area contributed by atoms with E-state index in [0.29, 0.717) is 6.54 Å². The molecule has 116 valence electrons. The van der Waals surface area contributed by atoms with Gasteiger partial charge in [-0.2, -0.15) is 0 Å². The van der Waals surface area contributed by atoms with Gasteiger partial charge >= 0.3 is 0 Å². The first-order valence-corrected chi connectivity index (χ1v) is 7.84. The number of hydrogen-bond acceptors (Lipinski definition) is 1. The molecule has 1 fully saturated rings. The zero-order valence-corrected chi connectivity index (χ0v) is 12.6. The van der Waals surface area contributed by atoms with Gasteiger partial charge in [0.15, 0.2) is 0 Å². The molecular formula is C19H17FN2O. The molecule has 0 aliphatic heterocycles. The highest BCUT2D eigenvalue weighted by molar-refractivity contribution is 5.95. The summed E-state index contributed by atoms with van der Waals surface area (Å²) >= 11 is 0. The maximum atomic E-state index is 13.9. The SMILES string of the molecule is O=C(c1ccccc1F)N(Cc1ccc2cc[nH]c2c1)C1CC1. The second-order valence-corrected chi connectivity index (χ2v) is 6.04. The summed E-state index contributed by atoms with van der Waals surface area (Å²) in [4.78, 5) is 17.7. The highest BCUT2D eigenvalue weighted by Gasteiger charge is 2.33. The van der Waals surface area contributed by atoms with E-state index in [-0.39, 0.29) is 17.5 Å². The van der Waals surface area contributed by atoms with Crippen molar-refractivity contribution in [2.75, 3.05) is 0 Å². The standard InChI is InChI=1S/C19H17FN2O/c20-17-4-2-1-3-16(17)19(23)22(15-7-8-15)12-13-5-6-14-9-10-21-18(14)11-13/h1-6,9-11,15,21H,7-8,12H2. The Kier molecular flexibility index (Phi) is 3.37. The Labute approximate surface area is 133 Å². The molecule has 4 rings (SSSR count). The van der Waals surface area contributed by atoms with Gasteiger partial charge < -0.3 is 9.88 Å². The molecule has 1 saturated carbocycles. The molecule has 1 N–H and O–H groups in total. The van der Waals surface area contributed by atoms with Crippen LogP contribution in [0.2, 0.25) is 0 Å². The Morgan fingerprint density at radius 3 is 2.78 bits per heavy atom. The van der Waals surface area contributed by atoms with Crippen LogP contribution in [0.3, 0.4) is 0 Å². The fourth-order valence-corrected chi connectivity index (χ4v) is 2.93. The summed E-state index contributed by atoms with van der Waals surface area (Å²) in [6.07, 6.45) is 3.88. The van der Waals surface area contributed by atoms with E-state index >= 15 is 0 Å². The van der Waals surface area contributed by atoms with Gasteiger partial charge in [-0.3, -0.25) is 4.79 Å². The molecule has 1 amide bonds. The molecule has 0 radical (unpaired) electrons. The molecular weight excluding hydrogens is 291 g/mol. The molecule has 3 aromatic rings. The number of H-pyrrole nitrogens is 1. The number of rotatable bonds is 4. The molecule has 1 aliphatic rings. The van der Waals surface area contributed by atoms with Gasteiger partial charge in [-0.05, 0) is 48.1 Å². The second kappa shape index (κ2) is 5.54. The van der Waals surface area contributed by atoms with Crippen LogP contribution in [-0.2, 0) is 6.54 Å². The third kappa shape index (κ3) is 2.72. The largest absolute Gasteiger partial charge is 0.361 e. The van der Waals surface area contributed by atoms with Crippen LogP contribution in [0.25, 0.3) is 10.9 Å². The maximum Gasteiger partial charge on any atom is 0.257 e. The predicted octanol–water partition coefficient (Wildman–Crippen LogP) is 4.11. The molecule has 1 heterocycles. The Morgan fingerprint density at radius 1 is 1.17 bits per heavy atom. The summed E-state index contributed by atoms with van der Waals surface area (Å²) in [6, 6.07) is 14.6. The monoisotopic (exact) mass is 308 g/mol. The van der Waals surface area contributed by atoms with E-state index < -0.39 is 5.82 Å². The van der Waals surface area contributed by atoms with Crippen molar-refractivity contribution < 1.29 is 9.18 Å². The van der Waals surface area contributed by atoms with Gasteiger partial charge in [-0.25, -0.2) is 4.39 Å². The summed E-state index contributed by atoms with van der Waals surface area (Å²) in [5.74, 6) is -0.680. The van der Waals surface area contributed by atoms with Gasteiger partial charge in [0.2, 0.25) is 0 Å². The second-order valence-electron chi connectivity index (χ2n) is 6.04. The third-order valence-electron chi connectivity index (χ3n) is 4.33. The van der Waals surface area contributed by atoms with Crippen molar-refractivity contribution in [3.8, 4) is 0 Å². The summed E-state index contributed by atoms with van der Waals surface area (Å²) < 4.78 is 13.9. The van der Waals surface area contributed by atoms with Gasteiger partial charge in [0, 0.05) is 24.3 Å². The van der Waals surface area contributed by atoms with Crippen LogP contribution in [-0.4, -0.2) is 21.8 Å². The quantitative estimate of drug-likeness (QED) is 0.773. The van der Waals surface area contributed by atoms with E-state index in [0.717, 1.165) is 29.3 Å². The molecule has 0 saturated heterocycles. The van der Waals surface area contributed by atoms with Gasteiger partial charge in [-0.1, -0.05) is 24.3 Å². The Morgan fingerprint density at radius 2 is 2.00 bits per heavy atom. The van der Waals surface area contributed by atoms with Crippen LogP contribution in [0.15, 0.2) is 54.7 Å². The van der Waals surface area contributed by atoms with Gasteiger partial charge in [-0.15, -0.1) is 0 Å². The van der Waals surface area contributed by atoms with E-state index in [1.54, 1.807) is 23.1 Å². The fraction of sp³-hybridized carbons (Fsp3) is 0.211. The molecule has 2 aromatic carbocycles. The lowest BCUT2D eigenvalue weighted by Gasteiger charge is -2.23. The number of carbonyl (C=O) groups is 1. The Balaban J connectivity index is 1.63. The number of amides is 1. The Bertz CT molecular complexity index is 866. The summed E-state index contributed by atoms with van der Waals surface area (Å²) in [7, 11) is 0. The van der Waals surface area contributed by atoms with Crippen molar-refractivity contribution in [3.05, 3.63) is 71.7 Å². The normalized spacial score (nSPS) is 14.1. The average Bonchev–Trinajstić information content (AvgIpc) is 3.29. The predicted molar refractivity (Wildman–Crippen MR) is 87.6 cm³/mol. The van der Waals surface area contributed by atoms with E-state index in [9.17, 15) is 9.18 Å². The lowest BCUT2D eigenvalue weighted by Crippen LogP contribution is -2.33. The number of hydrogen-bond donors (Lipinski definition) is 1. The molecule has 1 aliphatic carbocycles. The van der Waals surface area contributed by atoms with Crippen molar-refractivity contribution in [2.24, 2.45) is 0 Å². The molecule has 0 unspecified atom stereocenters. The summed E-state index contributed by atoms with van der Waals surface area (Å²) in [5.41, 5.74) is 2.26. The van der Waals surface area contributed by atoms with Gasteiger partial charge in [0.05, 0.1) is 5.56 Å². The van der Waals surface area contributed by atoms with Crippen LogP contribution >= 0.6 is 0 Å². The average molecular weight is 308 g/mol. The van der Waals surface area contributed by atoms with Gasteiger partial charge in [0.25, 0.3) is 5.91 Å². The minimum absolute atomic E-state index is 0.153. The zero-order chi connectivity index (χ0) is 15.8. The topological polar surface area (TPSA) is 36.1 Å². The summed E-state index contributed by atoms with van der Waals surface area (Å²) in [5, 5.41) is 1.15. The number of halogens is 1. The molecule has 3 nitrogen and oxygen atoms in total. The lowest BCUT2D eigenvalue weighted by molar-refractivity contribution is 0.0725. The van der Waals surface area contributed by atoms with Crippen LogP contribution in [0.1, 0.15) is 28.8 Å². The maximum absolute atomic E-state index is 13.9. The Hall–Kier alpha value is -2.62. The third-order valence-corrected chi connectivity index (χ3v) is 4.33. The number of fused-ring (bicyclic) bond motifs is 1. The molecule has 1 aromatic heterocycles. The first-order chi connectivity index (χ1) is 11.2. The van der Waals surface area contributed by atoms with Crippen molar-refractivity contribution >= 4 is 16.8 Å². The highest BCUT2D eigenvalue weighted by atomic mass is 19.1. The molecule has 0 bridgehead atoms. The van der Waals surface area contributed by atoms with E-state index in [2.05, 4.69) is 11.1 Å². The van der Waals surface area contributed by atoms with Crippen LogP contribution < -0.4 is 0 Å². The van der Waals surface area contributed by atoms with Crippen LogP contribution in [0.5, 0.6) is 0 Å². The van der Waals surface area contributed by atoms with Crippen LogP contribution in [0, 0.1) is 5.82 Å². The minimum Gasteiger partial charge on any atom is -0.361 e. The number of aromatic nitrogens is 1. The van der Waals surface area contributed by atoms with Crippen molar-refractivity contribution in [1.82, 2.24) is 9.88 Å². The van der Waals surface area contributed by atoms with Crippen molar-refractivity contribution in [1.29, 1.82) is 0 Å². The number of benzene rings is 2. The van der Waals surface area contributed by atoms with Crippen molar-refractivity contribution in [3.63, 3.8) is 0 Å². The van der Waals surface area contributed by atoms with E-state index in [1.807, 2.05) is 24.4 Å². The molecule has 23 heavy (non-hydrogen) atoms. The summed E-state index contributed by atoms with van der Waals surface area (Å²) in [6.45, 7) is 0.507. The number of aromatic amines is 1. The smallest absolute Gasteiger partial charge is 0.257 e. The molecule has 4 heteroatoms. The number of nitrogens with zero attached hydrogens (tertiary/aromatic N) is 1. The first kappa shape index (κ1) is 14.0. The molecule has 0 atom stereocenters. The highest BCUT2D eigenvalue weighted by Crippen LogP contribution is 2.30. The van der Waals surface area contributed by atoms with E-state index in [4.69, 9.17) is 0 Å². The van der Waals surface area contributed by atoms with Gasteiger partial charge in [0.1, 0.15) is 5.82 Å². The first-order valence-electron chi connectivity index (χ1n) is 7.84. The number of nitrogens with one attached hydrogen (secondary N) is 1. The minimum atomic E-state index is -0.456.